The summed E-state index contributed by atoms with van der Waals surface area (Å²) in [5, 5.41) is 20.8. The van der Waals surface area contributed by atoms with Crippen molar-refractivity contribution >= 4 is 29.0 Å². The van der Waals surface area contributed by atoms with Gasteiger partial charge in [-0.05, 0) is 54.8 Å². The van der Waals surface area contributed by atoms with Crippen LogP contribution in [0.15, 0.2) is 82.6 Å². The third-order valence-corrected chi connectivity index (χ3v) is 8.09. The molecular weight excluding hydrogens is 498 g/mol. The van der Waals surface area contributed by atoms with Gasteiger partial charge in [0, 0.05) is 42.5 Å². The van der Waals surface area contributed by atoms with Crippen LogP contribution in [0.4, 0.5) is 11.4 Å². The van der Waals surface area contributed by atoms with Crippen LogP contribution >= 0.6 is 11.8 Å². The number of aliphatic hydroxyl groups excluding tert-OH is 2. The Morgan fingerprint density at radius 2 is 1.58 bits per heavy atom. The number of amides is 1. The molecule has 2 aliphatic heterocycles. The van der Waals surface area contributed by atoms with Crippen molar-refractivity contribution in [2.24, 2.45) is 0 Å². The number of nitrogens with zero attached hydrogens (tertiary/aromatic N) is 3. The fourth-order valence-corrected chi connectivity index (χ4v) is 6.17. The summed E-state index contributed by atoms with van der Waals surface area (Å²) in [5.74, 6) is 0.697. The van der Waals surface area contributed by atoms with Crippen LogP contribution in [0.25, 0.3) is 0 Å². The molecule has 0 spiro atoms. The van der Waals surface area contributed by atoms with Gasteiger partial charge >= 0.3 is 0 Å². The molecule has 0 radical (unpaired) electrons. The summed E-state index contributed by atoms with van der Waals surface area (Å²) >= 11 is 1.75. The maximum absolute atomic E-state index is 12.2. The molecule has 1 unspecified atom stereocenters. The molecule has 1 fully saturated rings. The van der Waals surface area contributed by atoms with Crippen LogP contribution in [0.1, 0.15) is 18.4 Å². The number of hydrogen-bond acceptors (Lipinski definition) is 7. The predicted octanol–water partition coefficient (Wildman–Crippen LogP) is 4.15. The second-order valence-electron chi connectivity index (χ2n) is 9.78. The Morgan fingerprint density at radius 3 is 2.21 bits per heavy atom. The largest absolute Gasteiger partial charge is 0.484 e. The molecule has 0 saturated carbocycles. The Hall–Kier alpha value is -3.04. The highest BCUT2D eigenvalue weighted by molar-refractivity contribution is 7.99. The van der Waals surface area contributed by atoms with Crippen molar-refractivity contribution in [3.8, 4) is 5.75 Å². The van der Waals surface area contributed by atoms with Gasteiger partial charge in [0.2, 0.25) is 0 Å². The van der Waals surface area contributed by atoms with E-state index in [9.17, 15) is 15.0 Å². The van der Waals surface area contributed by atoms with Crippen molar-refractivity contribution in [2.45, 2.75) is 35.3 Å². The first-order valence-corrected chi connectivity index (χ1v) is 14.1. The summed E-state index contributed by atoms with van der Waals surface area (Å²) in [5.41, 5.74) is 3.25. The molecule has 2 heterocycles. The molecular formula is C30H35N3O4S. The molecule has 3 aromatic rings. The lowest BCUT2D eigenvalue weighted by Crippen LogP contribution is -2.40. The van der Waals surface area contributed by atoms with E-state index in [1.165, 1.54) is 9.79 Å². The summed E-state index contributed by atoms with van der Waals surface area (Å²) in [6.07, 6.45) is 1.51. The van der Waals surface area contributed by atoms with Crippen molar-refractivity contribution < 1.29 is 19.7 Å². The molecule has 3 aromatic carbocycles. The molecule has 2 N–H and O–H groups in total. The zero-order valence-electron chi connectivity index (χ0n) is 21.5. The average Bonchev–Trinajstić information content (AvgIpc) is 3.48. The van der Waals surface area contributed by atoms with E-state index in [4.69, 9.17) is 4.74 Å². The van der Waals surface area contributed by atoms with Crippen molar-refractivity contribution in [3.05, 3.63) is 78.4 Å². The average molecular weight is 534 g/mol. The molecule has 2 aliphatic rings. The lowest BCUT2D eigenvalue weighted by atomic mass is 10.1. The summed E-state index contributed by atoms with van der Waals surface area (Å²) in [6, 6.07) is 24.3. The van der Waals surface area contributed by atoms with Gasteiger partial charge in [-0.25, -0.2) is 0 Å². The lowest BCUT2D eigenvalue weighted by molar-refractivity contribution is -0.132. The fraction of sp³-hybridized carbons (Fsp3) is 0.367. The quantitative estimate of drug-likeness (QED) is 0.384. The minimum atomic E-state index is -0.620. The molecule has 1 saturated heterocycles. The number of carbonyl (C=O) groups excluding carboxylic acids is 1. The molecule has 0 aromatic heterocycles. The van der Waals surface area contributed by atoms with Crippen LogP contribution in [0.2, 0.25) is 0 Å². The van der Waals surface area contributed by atoms with Crippen LogP contribution in [0.3, 0.4) is 0 Å². The Morgan fingerprint density at radius 1 is 0.947 bits per heavy atom. The van der Waals surface area contributed by atoms with Crippen molar-refractivity contribution in [2.75, 3.05) is 50.8 Å². The van der Waals surface area contributed by atoms with Gasteiger partial charge in [0.1, 0.15) is 5.75 Å². The van der Waals surface area contributed by atoms with Crippen LogP contribution in [0, 0.1) is 0 Å². The van der Waals surface area contributed by atoms with Crippen LogP contribution < -0.4 is 9.64 Å². The molecule has 1 atom stereocenters. The van der Waals surface area contributed by atoms with Gasteiger partial charge < -0.3 is 24.7 Å². The van der Waals surface area contributed by atoms with Gasteiger partial charge in [-0.15, -0.1) is 0 Å². The minimum Gasteiger partial charge on any atom is -0.484 e. The van der Waals surface area contributed by atoms with E-state index in [-0.39, 0.29) is 19.1 Å². The standard InChI is InChI=1S/C30H35N3O4S/c34-18-17-31(19-23-11-13-25(14-12-23)37-22-30(36)32-15-5-6-16-32)20-24(35)21-33-26-7-1-3-9-28(26)38-29-10-4-2-8-27(29)33/h1-4,7-14,24,34-35H,5-6,15-22H2. The first-order valence-electron chi connectivity index (χ1n) is 13.2. The van der Waals surface area contributed by atoms with Crippen LogP contribution in [0.5, 0.6) is 5.75 Å². The second-order valence-corrected chi connectivity index (χ2v) is 10.9. The maximum Gasteiger partial charge on any atom is 0.260 e. The van der Waals surface area contributed by atoms with Crippen molar-refractivity contribution in [1.82, 2.24) is 9.80 Å². The number of para-hydroxylation sites is 2. The Labute approximate surface area is 228 Å². The van der Waals surface area contributed by atoms with Crippen molar-refractivity contribution in [3.63, 3.8) is 0 Å². The van der Waals surface area contributed by atoms with E-state index < -0.39 is 6.10 Å². The molecule has 1 amide bonds. The lowest BCUT2D eigenvalue weighted by Gasteiger charge is -2.35. The predicted molar refractivity (Wildman–Crippen MR) is 150 cm³/mol. The van der Waals surface area contributed by atoms with Gasteiger partial charge in [0.25, 0.3) is 5.91 Å². The maximum atomic E-state index is 12.2. The number of hydrogen-bond donors (Lipinski definition) is 2. The number of fused-ring (bicyclic) bond motifs is 2. The highest BCUT2D eigenvalue weighted by Crippen LogP contribution is 2.47. The highest BCUT2D eigenvalue weighted by atomic mass is 32.2. The number of β-amino-alcohol motifs (C(OH)–C–C–N with tert-alkyl or cyclic N) is 1. The van der Waals surface area contributed by atoms with Gasteiger partial charge in [0.15, 0.2) is 6.61 Å². The normalized spacial score (nSPS) is 15.3. The zero-order valence-corrected chi connectivity index (χ0v) is 22.4. The number of carbonyl (C=O) groups is 1. The zero-order chi connectivity index (χ0) is 26.3. The Bertz CT molecular complexity index is 1170. The molecule has 0 aliphatic carbocycles. The topological polar surface area (TPSA) is 76.5 Å². The summed E-state index contributed by atoms with van der Waals surface area (Å²) < 4.78 is 5.70. The summed E-state index contributed by atoms with van der Waals surface area (Å²) in [4.78, 5) is 20.7. The number of benzene rings is 3. The molecule has 5 rings (SSSR count). The SMILES string of the molecule is O=C(COc1ccc(CN(CCO)CC(O)CN2c3ccccc3Sc3ccccc32)cc1)N1CCCC1. The highest BCUT2D eigenvalue weighted by Gasteiger charge is 2.25. The summed E-state index contributed by atoms with van der Waals surface area (Å²) in [7, 11) is 0. The van der Waals surface area contributed by atoms with Crippen LogP contribution in [-0.2, 0) is 11.3 Å². The van der Waals surface area contributed by atoms with E-state index in [1.54, 1.807) is 11.8 Å². The number of likely N-dealkylation sites (tertiary alicyclic amines) is 1. The third kappa shape index (κ3) is 6.50. The number of anilines is 2. The first-order chi connectivity index (χ1) is 18.6. The first kappa shape index (κ1) is 26.6. The number of rotatable bonds is 11. The van der Waals surface area contributed by atoms with E-state index in [0.29, 0.717) is 31.9 Å². The van der Waals surface area contributed by atoms with Gasteiger partial charge in [-0.1, -0.05) is 48.2 Å². The molecule has 0 bridgehead atoms. The number of ether oxygens (including phenoxy) is 1. The summed E-state index contributed by atoms with van der Waals surface area (Å²) in [6.45, 7) is 3.65. The van der Waals surface area contributed by atoms with Gasteiger partial charge in [-0.3, -0.25) is 9.69 Å². The third-order valence-electron chi connectivity index (χ3n) is 6.96. The minimum absolute atomic E-state index is 0.0124. The Balaban J connectivity index is 1.19. The Kier molecular flexibility index (Phi) is 8.86. The van der Waals surface area contributed by atoms with E-state index >= 15 is 0 Å². The molecule has 200 valence electrons. The van der Waals surface area contributed by atoms with E-state index in [2.05, 4.69) is 34.1 Å². The smallest absolute Gasteiger partial charge is 0.260 e. The second kappa shape index (κ2) is 12.7. The van der Waals surface area contributed by atoms with Crippen molar-refractivity contribution in [1.29, 1.82) is 0 Å². The molecule has 38 heavy (non-hydrogen) atoms. The monoisotopic (exact) mass is 533 g/mol. The fourth-order valence-electron chi connectivity index (χ4n) is 5.07. The van der Waals surface area contributed by atoms with E-state index in [1.807, 2.05) is 53.4 Å². The molecule has 7 nitrogen and oxygen atoms in total. The van der Waals surface area contributed by atoms with Gasteiger partial charge in [-0.2, -0.15) is 0 Å². The molecule has 8 heteroatoms. The van der Waals surface area contributed by atoms with Gasteiger partial charge in [0.05, 0.1) is 30.6 Å². The van der Waals surface area contributed by atoms with Crippen LogP contribution in [-0.4, -0.2) is 78.0 Å². The van der Waals surface area contributed by atoms with E-state index in [0.717, 1.165) is 42.9 Å². The number of aliphatic hydroxyl groups is 2.